The summed E-state index contributed by atoms with van der Waals surface area (Å²) in [5.41, 5.74) is 0.993. The van der Waals surface area contributed by atoms with Crippen molar-refractivity contribution in [2.45, 2.75) is 19.1 Å². The molecule has 2 unspecified atom stereocenters. The van der Waals surface area contributed by atoms with Crippen LogP contribution in [-0.4, -0.2) is 41.5 Å². The van der Waals surface area contributed by atoms with E-state index in [0.29, 0.717) is 18.8 Å². The zero-order chi connectivity index (χ0) is 16.9. The largest absolute Gasteiger partial charge is 0.481 e. The van der Waals surface area contributed by atoms with Gasteiger partial charge >= 0.3 is 0 Å². The van der Waals surface area contributed by atoms with Crippen molar-refractivity contribution in [3.05, 3.63) is 60.2 Å². The van der Waals surface area contributed by atoms with E-state index in [1.807, 2.05) is 17.0 Å². The Morgan fingerprint density at radius 3 is 2.88 bits per heavy atom. The van der Waals surface area contributed by atoms with Crippen molar-refractivity contribution >= 4 is 5.91 Å². The fourth-order valence-electron chi connectivity index (χ4n) is 2.84. The highest BCUT2D eigenvalue weighted by Gasteiger charge is 2.31. The molecule has 2 heterocycles. The van der Waals surface area contributed by atoms with Gasteiger partial charge in [0.15, 0.2) is 6.10 Å². The van der Waals surface area contributed by atoms with E-state index in [-0.39, 0.29) is 17.8 Å². The SMILES string of the molecule is CC(Oc1ccc(F)cc1)C(=O)N1CCNCC1c1cccnc1. The molecule has 1 aromatic carbocycles. The third-order valence-corrected chi connectivity index (χ3v) is 4.07. The smallest absolute Gasteiger partial charge is 0.263 e. The Bertz CT molecular complexity index is 678. The summed E-state index contributed by atoms with van der Waals surface area (Å²) in [4.78, 5) is 18.8. The van der Waals surface area contributed by atoms with Crippen molar-refractivity contribution in [1.29, 1.82) is 0 Å². The summed E-state index contributed by atoms with van der Waals surface area (Å²) in [7, 11) is 0. The van der Waals surface area contributed by atoms with Crippen LogP contribution in [-0.2, 0) is 4.79 Å². The number of nitrogens with one attached hydrogen (secondary N) is 1. The predicted molar refractivity (Wildman–Crippen MR) is 88.1 cm³/mol. The molecule has 1 aromatic heterocycles. The number of carbonyl (C=O) groups is 1. The molecule has 126 valence electrons. The molecule has 0 bridgehead atoms. The molecule has 2 aromatic rings. The number of rotatable bonds is 4. The molecule has 2 atom stereocenters. The summed E-state index contributed by atoms with van der Waals surface area (Å²) < 4.78 is 18.6. The number of piperazine rings is 1. The van der Waals surface area contributed by atoms with Gasteiger partial charge in [-0.2, -0.15) is 0 Å². The van der Waals surface area contributed by atoms with Gasteiger partial charge in [0.25, 0.3) is 5.91 Å². The number of hydrogen-bond donors (Lipinski definition) is 1. The molecular formula is C18H20FN3O2. The fourth-order valence-corrected chi connectivity index (χ4v) is 2.84. The second-order valence-electron chi connectivity index (χ2n) is 5.75. The van der Waals surface area contributed by atoms with Gasteiger partial charge in [-0.05, 0) is 42.8 Å². The summed E-state index contributed by atoms with van der Waals surface area (Å²) in [5, 5.41) is 3.31. The maximum absolute atomic E-state index is 13.0. The van der Waals surface area contributed by atoms with Crippen LogP contribution in [0.1, 0.15) is 18.5 Å². The lowest BCUT2D eigenvalue weighted by molar-refractivity contribution is -0.141. The molecule has 0 radical (unpaired) electrons. The monoisotopic (exact) mass is 329 g/mol. The lowest BCUT2D eigenvalue weighted by atomic mass is 10.0. The number of pyridine rings is 1. The minimum atomic E-state index is -0.646. The van der Waals surface area contributed by atoms with E-state index in [1.54, 1.807) is 19.3 Å². The highest BCUT2D eigenvalue weighted by atomic mass is 19.1. The van der Waals surface area contributed by atoms with Crippen LogP contribution in [0.2, 0.25) is 0 Å². The van der Waals surface area contributed by atoms with Crippen molar-refractivity contribution < 1.29 is 13.9 Å². The lowest BCUT2D eigenvalue weighted by Gasteiger charge is -2.37. The first-order valence-corrected chi connectivity index (χ1v) is 7.98. The van der Waals surface area contributed by atoms with E-state index in [2.05, 4.69) is 10.3 Å². The quantitative estimate of drug-likeness (QED) is 0.934. The highest BCUT2D eigenvalue weighted by molar-refractivity contribution is 5.81. The zero-order valence-corrected chi connectivity index (χ0v) is 13.5. The predicted octanol–water partition coefficient (Wildman–Crippen LogP) is 2.16. The topological polar surface area (TPSA) is 54.5 Å². The Labute approximate surface area is 140 Å². The molecule has 5 nitrogen and oxygen atoms in total. The van der Waals surface area contributed by atoms with Crippen molar-refractivity contribution in [2.75, 3.05) is 19.6 Å². The standard InChI is InChI=1S/C18H20FN3O2/c1-13(24-16-6-4-15(19)5-7-16)18(23)22-10-9-21-12-17(22)14-3-2-8-20-11-14/h2-8,11,13,17,21H,9-10,12H2,1H3. The van der Waals surface area contributed by atoms with Gasteiger partial charge in [0.2, 0.25) is 0 Å². The zero-order valence-electron chi connectivity index (χ0n) is 13.5. The van der Waals surface area contributed by atoms with Gasteiger partial charge in [-0.1, -0.05) is 6.07 Å². The first-order chi connectivity index (χ1) is 11.6. The minimum Gasteiger partial charge on any atom is -0.481 e. The minimum absolute atomic E-state index is 0.0702. The van der Waals surface area contributed by atoms with Crippen LogP contribution < -0.4 is 10.1 Å². The Kier molecular flexibility index (Phi) is 5.05. The number of halogens is 1. The Morgan fingerprint density at radius 1 is 1.38 bits per heavy atom. The second kappa shape index (κ2) is 7.40. The molecule has 1 amide bonds. The van der Waals surface area contributed by atoms with Gasteiger partial charge in [0, 0.05) is 32.0 Å². The highest BCUT2D eigenvalue weighted by Crippen LogP contribution is 2.23. The molecule has 3 rings (SSSR count). The van der Waals surface area contributed by atoms with Crippen molar-refractivity contribution in [2.24, 2.45) is 0 Å². The Morgan fingerprint density at radius 2 is 2.17 bits per heavy atom. The molecule has 1 N–H and O–H groups in total. The molecule has 0 saturated carbocycles. The van der Waals surface area contributed by atoms with Crippen molar-refractivity contribution in [3.63, 3.8) is 0 Å². The molecular weight excluding hydrogens is 309 g/mol. The first-order valence-electron chi connectivity index (χ1n) is 7.98. The number of amides is 1. The van der Waals surface area contributed by atoms with Crippen molar-refractivity contribution in [1.82, 2.24) is 15.2 Å². The molecule has 1 saturated heterocycles. The maximum atomic E-state index is 13.0. The average Bonchev–Trinajstić information content (AvgIpc) is 2.63. The van der Waals surface area contributed by atoms with Crippen LogP contribution in [0.15, 0.2) is 48.8 Å². The number of hydrogen-bond acceptors (Lipinski definition) is 4. The molecule has 1 aliphatic heterocycles. The van der Waals surface area contributed by atoms with E-state index in [9.17, 15) is 9.18 Å². The molecule has 6 heteroatoms. The van der Waals surface area contributed by atoms with Crippen LogP contribution in [0.5, 0.6) is 5.75 Å². The number of carbonyl (C=O) groups excluding carboxylic acids is 1. The number of benzene rings is 1. The third kappa shape index (κ3) is 3.71. The number of ether oxygens (including phenoxy) is 1. The van der Waals surface area contributed by atoms with Crippen LogP contribution in [0.4, 0.5) is 4.39 Å². The summed E-state index contributed by atoms with van der Waals surface area (Å²) >= 11 is 0. The number of nitrogens with zero attached hydrogens (tertiary/aromatic N) is 2. The van der Waals surface area contributed by atoms with E-state index >= 15 is 0 Å². The summed E-state index contributed by atoms with van der Waals surface area (Å²) in [6, 6.07) is 9.44. The van der Waals surface area contributed by atoms with Crippen LogP contribution in [0.25, 0.3) is 0 Å². The van der Waals surface area contributed by atoms with E-state index in [0.717, 1.165) is 12.1 Å². The van der Waals surface area contributed by atoms with E-state index in [4.69, 9.17) is 4.74 Å². The maximum Gasteiger partial charge on any atom is 0.263 e. The van der Waals surface area contributed by atoms with Crippen LogP contribution in [0.3, 0.4) is 0 Å². The Balaban J connectivity index is 1.72. The Hall–Kier alpha value is -2.47. The molecule has 0 aliphatic carbocycles. The second-order valence-corrected chi connectivity index (χ2v) is 5.75. The third-order valence-electron chi connectivity index (χ3n) is 4.07. The van der Waals surface area contributed by atoms with E-state index in [1.165, 1.54) is 24.3 Å². The molecule has 24 heavy (non-hydrogen) atoms. The fraction of sp³-hybridized carbons (Fsp3) is 0.333. The van der Waals surface area contributed by atoms with Crippen LogP contribution >= 0.6 is 0 Å². The van der Waals surface area contributed by atoms with Gasteiger partial charge < -0.3 is 15.0 Å². The van der Waals surface area contributed by atoms with Crippen LogP contribution in [0, 0.1) is 5.82 Å². The average molecular weight is 329 g/mol. The summed E-state index contributed by atoms with van der Waals surface area (Å²) in [5.74, 6) is 0.0556. The number of aromatic nitrogens is 1. The summed E-state index contributed by atoms with van der Waals surface area (Å²) in [6.07, 6.45) is 2.85. The van der Waals surface area contributed by atoms with Gasteiger partial charge in [0.05, 0.1) is 6.04 Å². The molecule has 1 fully saturated rings. The van der Waals surface area contributed by atoms with Gasteiger partial charge in [-0.15, -0.1) is 0 Å². The van der Waals surface area contributed by atoms with Gasteiger partial charge in [0.1, 0.15) is 11.6 Å². The molecule has 1 aliphatic rings. The lowest BCUT2D eigenvalue weighted by Crippen LogP contribution is -2.52. The normalized spacial score (nSPS) is 18.9. The van der Waals surface area contributed by atoms with Crippen molar-refractivity contribution in [3.8, 4) is 5.75 Å². The first kappa shape index (κ1) is 16.4. The van der Waals surface area contributed by atoms with E-state index < -0.39 is 6.10 Å². The van der Waals surface area contributed by atoms with Gasteiger partial charge in [-0.25, -0.2) is 4.39 Å². The van der Waals surface area contributed by atoms with Gasteiger partial charge in [-0.3, -0.25) is 9.78 Å². The summed E-state index contributed by atoms with van der Waals surface area (Å²) in [6.45, 7) is 3.75. The molecule has 0 spiro atoms.